The number of carbonyl (C=O) groups excluding carboxylic acids is 2. The molecule has 1 heterocycles. The van der Waals surface area contributed by atoms with Crippen LogP contribution in [-0.4, -0.2) is 50.0 Å². The Morgan fingerprint density at radius 3 is 2.21 bits per heavy atom. The van der Waals surface area contributed by atoms with Crippen LogP contribution in [0.15, 0.2) is 24.4 Å². The van der Waals surface area contributed by atoms with Crippen LogP contribution in [0.5, 0.6) is 0 Å². The van der Waals surface area contributed by atoms with Crippen LogP contribution in [0.3, 0.4) is 0 Å². The fraction of sp³-hybridized carbons (Fsp3) is 0.586. The topological polar surface area (TPSA) is 92.5 Å². The third-order valence-corrected chi connectivity index (χ3v) is 10.4. The van der Waals surface area contributed by atoms with Crippen LogP contribution < -0.4 is 0 Å². The number of benzene rings is 1. The number of aliphatic carboxylic acids is 1. The maximum Gasteiger partial charge on any atom is 0.309 e. The highest BCUT2D eigenvalue weighted by molar-refractivity contribution is 6.40. The zero-order chi connectivity index (χ0) is 27.6. The second-order valence-electron chi connectivity index (χ2n) is 12.3. The van der Waals surface area contributed by atoms with Crippen molar-refractivity contribution in [2.24, 2.45) is 22.7 Å². The number of hydrogen-bond acceptors (Lipinski definition) is 4. The standard InChI is InChI=1S/C29H35Cl2N3O4/c1-16-19(14-32-34(16)17-8-10-29(4,11-9-17)27(37)38)26(36)33(18-12-20-21(13-18)28(20,2)3)15-24(35)25-22(30)6-5-7-23(25)31/h5-7,14,17-18,20-21H,8-13,15H2,1-4H3,(H,37,38). The smallest absolute Gasteiger partial charge is 0.309 e. The summed E-state index contributed by atoms with van der Waals surface area (Å²) < 4.78 is 1.87. The summed E-state index contributed by atoms with van der Waals surface area (Å²) in [4.78, 5) is 40.8. The SMILES string of the molecule is Cc1c(C(=O)N(CC(=O)c2c(Cl)cccc2Cl)C2CC3C(C2)C3(C)C)cnn1C1CCC(C)(C(=O)O)CC1. The fourth-order valence-electron chi connectivity index (χ4n) is 6.95. The van der Waals surface area contributed by atoms with Gasteiger partial charge in [-0.3, -0.25) is 19.1 Å². The Labute approximate surface area is 233 Å². The molecule has 5 rings (SSSR count). The lowest BCUT2D eigenvalue weighted by Gasteiger charge is -2.34. The summed E-state index contributed by atoms with van der Waals surface area (Å²) in [5.74, 6) is -0.145. The molecule has 2 atom stereocenters. The van der Waals surface area contributed by atoms with Gasteiger partial charge in [-0.25, -0.2) is 0 Å². The number of carbonyl (C=O) groups is 3. The molecule has 1 N–H and O–H groups in total. The molecular weight excluding hydrogens is 525 g/mol. The average Bonchev–Trinajstić information content (AvgIpc) is 3.24. The molecule has 7 nitrogen and oxygen atoms in total. The molecule has 1 aromatic heterocycles. The number of halogens is 2. The predicted molar refractivity (Wildman–Crippen MR) is 146 cm³/mol. The van der Waals surface area contributed by atoms with Gasteiger partial charge < -0.3 is 10.0 Å². The van der Waals surface area contributed by atoms with E-state index in [0.29, 0.717) is 43.1 Å². The molecule has 2 aromatic rings. The van der Waals surface area contributed by atoms with Crippen molar-refractivity contribution in [1.82, 2.24) is 14.7 Å². The van der Waals surface area contributed by atoms with E-state index in [-0.39, 0.29) is 51.3 Å². The van der Waals surface area contributed by atoms with Crippen molar-refractivity contribution in [2.75, 3.05) is 6.54 Å². The lowest BCUT2D eigenvalue weighted by molar-refractivity contribution is -0.150. The summed E-state index contributed by atoms with van der Waals surface area (Å²) in [7, 11) is 0. The molecule has 3 aliphatic carbocycles. The highest BCUT2D eigenvalue weighted by Gasteiger charge is 2.63. The van der Waals surface area contributed by atoms with Gasteiger partial charge in [0.05, 0.1) is 45.4 Å². The van der Waals surface area contributed by atoms with Crippen LogP contribution in [0.1, 0.15) is 91.7 Å². The molecule has 3 saturated carbocycles. The highest BCUT2D eigenvalue weighted by atomic mass is 35.5. The van der Waals surface area contributed by atoms with Gasteiger partial charge in [-0.15, -0.1) is 0 Å². The Morgan fingerprint density at radius 2 is 1.66 bits per heavy atom. The van der Waals surface area contributed by atoms with E-state index in [1.807, 2.05) is 11.6 Å². The summed E-state index contributed by atoms with van der Waals surface area (Å²) in [6.45, 7) is 8.12. The third-order valence-electron chi connectivity index (χ3n) is 9.79. The number of Topliss-reactive ketones (excluding diaryl/α,β-unsaturated/α-hetero) is 1. The van der Waals surface area contributed by atoms with Gasteiger partial charge in [0.1, 0.15) is 0 Å². The van der Waals surface area contributed by atoms with E-state index >= 15 is 0 Å². The van der Waals surface area contributed by atoms with Crippen molar-refractivity contribution in [2.45, 2.75) is 78.3 Å². The molecule has 0 aliphatic heterocycles. The molecule has 2 unspecified atom stereocenters. The summed E-state index contributed by atoms with van der Waals surface area (Å²) in [5.41, 5.74) is 1.04. The largest absolute Gasteiger partial charge is 0.481 e. The van der Waals surface area contributed by atoms with Gasteiger partial charge in [-0.2, -0.15) is 5.10 Å². The molecule has 3 fully saturated rings. The number of amides is 1. The van der Waals surface area contributed by atoms with Crippen molar-refractivity contribution >= 4 is 40.9 Å². The van der Waals surface area contributed by atoms with Gasteiger partial charge in [0, 0.05) is 11.7 Å². The molecule has 204 valence electrons. The van der Waals surface area contributed by atoms with E-state index in [4.69, 9.17) is 23.2 Å². The Morgan fingerprint density at radius 1 is 1.08 bits per heavy atom. The van der Waals surface area contributed by atoms with E-state index in [2.05, 4.69) is 18.9 Å². The molecule has 1 amide bonds. The molecule has 3 aliphatic rings. The van der Waals surface area contributed by atoms with Crippen LogP contribution >= 0.6 is 23.2 Å². The zero-order valence-corrected chi connectivity index (χ0v) is 23.8. The minimum atomic E-state index is -0.763. The monoisotopic (exact) mass is 559 g/mol. The number of rotatable bonds is 7. The van der Waals surface area contributed by atoms with Crippen LogP contribution in [0.25, 0.3) is 0 Å². The van der Waals surface area contributed by atoms with Gasteiger partial charge >= 0.3 is 5.97 Å². The molecule has 0 bridgehead atoms. The summed E-state index contributed by atoms with van der Waals surface area (Å²) >= 11 is 12.7. The number of nitrogens with zero attached hydrogens (tertiary/aromatic N) is 3. The first-order valence-electron chi connectivity index (χ1n) is 13.4. The number of aromatic nitrogens is 2. The number of hydrogen-bond donors (Lipinski definition) is 1. The van der Waals surface area contributed by atoms with E-state index in [0.717, 1.165) is 18.5 Å². The van der Waals surface area contributed by atoms with E-state index in [1.54, 1.807) is 36.2 Å². The minimum absolute atomic E-state index is 0.0376. The van der Waals surface area contributed by atoms with E-state index in [1.165, 1.54) is 0 Å². The maximum absolute atomic E-state index is 14.0. The molecule has 0 saturated heterocycles. The third kappa shape index (κ3) is 4.56. The van der Waals surface area contributed by atoms with Crippen molar-refractivity contribution in [1.29, 1.82) is 0 Å². The molecular formula is C29H35Cl2N3O4. The first-order valence-corrected chi connectivity index (χ1v) is 14.2. The predicted octanol–water partition coefficient (Wildman–Crippen LogP) is 6.46. The van der Waals surface area contributed by atoms with Crippen LogP contribution in [0, 0.1) is 29.6 Å². The van der Waals surface area contributed by atoms with Crippen LogP contribution in [-0.2, 0) is 4.79 Å². The minimum Gasteiger partial charge on any atom is -0.481 e. The number of carboxylic acid groups (broad SMARTS) is 1. The Hall–Kier alpha value is -2.38. The van der Waals surface area contributed by atoms with Crippen molar-refractivity contribution in [3.8, 4) is 0 Å². The van der Waals surface area contributed by atoms with E-state index < -0.39 is 11.4 Å². The zero-order valence-electron chi connectivity index (χ0n) is 22.3. The Kier molecular flexibility index (Phi) is 6.92. The van der Waals surface area contributed by atoms with Gasteiger partial charge in [0.15, 0.2) is 5.78 Å². The second kappa shape index (κ2) is 9.67. The molecule has 9 heteroatoms. The first-order chi connectivity index (χ1) is 17.8. The quantitative estimate of drug-likeness (QED) is 0.392. The normalized spacial score (nSPS) is 29.5. The van der Waals surface area contributed by atoms with Crippen molar-refractivity contribution in [3.63, 3.8) is 0 Å². The summed E-state index contributed by atoms with van der Waals surface area (Å²) in [6, 6.07) is 4.96. The Balaban J connectivity index is 1.39. The number of ketones is 1. The lowest BCUT2D eigenvalue weighted by atomic mass is 9.74. The van der Waals surface area contributed by atoms with Gasteiger partial charge in [0.2, 0.25) is 0 Å². The first kappa shape index (κ1) is 27.2. The van der Waals surface area contributed by atoms with Crippen molar-refractivity contribution < 1.29 is 19.5 Å². The van der Waals surface area contributed by atoms with Crippen molar-refractivity contribution in [3.05, 3.63) is 51.3 Å². The fourth-order valence-corrected chi connectivity index (χ4v) is 7.56. The second-order valence-corrected chi connectivity index (χ2v) is 13.1. The van der Waals surface area contributed by atoms with Gasteiger partial charge in [0.25, 0.3) is 5.91 Å². The molecule has 0 radical (unpaired) electrons. The molecule has 1 aromatic carbocycles. The van der Waals surface area contributed by atoms with Gasteiger partial charge in [-0.05, 0) is 81.8 Å². The number of fused-ring (bicyclic) bond motifs is 1. The average molecular weight is 561 g/mol. The highest BCUT2D eigenvalue weighted by Crippen LogP contribution is 2.67. The van der Waals surface area contributed by atoms with E-state index in [9.17, 15) is 19.5 Å². The summed E-state index contributed by atoms with van der Waals surface area (Å²) in [5, 5.41) is 14.7. The lowest BCUT2D eigenvalue weighted by Crippen LogP contribution is -2.43. The number of carboxylic acids is 1. The summed E-state index contributed by atoms with van der Waals surface area (Å²) in [6.07, 6.45) is 5.85. The maximum atomic E-state index is 14.0. The van der Waals surface area contributed by atoms with Gasteiger partial charge in [-0.1, -0.05) is 43.1 Å². The molecule has 0 spiro atoms. The molecule has 38 heavy (non-hydrogen) atoms. The van der Waals surface area contributed by atoms with Crippen LogP contribution in [0.4, 0.5) is 0 Å². The van der Waals surface area contributed by atoms with Crippen LogP contribution in [0.2, 0.25) is 10.0 Å². The Bertz CT molecular complexity index is 1260.